The highest BCUT2D eigenvalue weighted by Gasteiger charge is 2.34. The van der Waals surface area contributed by atoms with Crippen LogP contribution in [-0.4, -0.2) is 43.3 Å². The average Bonchev–Trinajstić information content (AvgIpc) is 2.79. The second kappa shape index (κ2) is 11.0. The minimum absolute atomic E-state index is 0.0573. The molecule has 8 heteroatoms. The largest absolute Gasteiger partial charge is 0.480 e. The van der Waals surface area contributed by atoms with Gasteiger partial charge >= 0.3 is 5.97 Å². The number of carbonyl (C=O) groups excluding carboxylic acids is 1. The van der Waals surface area contributed by atoms with Crippen LogP contribution >= 0.6 is 23.2 Å². The van der Waals surface area contributed by atoms with Crippen molar-refractivity contribution < 1.29 is 24.2 Å². The fourth-order valence-corrected chi connectivity index (χ4v) is 4.29. The summed E-state index contributed by atoms with van der Waals surface area (Å²) in [5, 5.41) is 12.3. The third-order valence-corrected chi connectivity index (χ3v) is 6.23. The van der Waals surface area contributed by atoms with Crippen LogP contribution < -0.4 is 5.32 Å². The molecule has 1 aliphatic rings. The van der Waals surface area contributed by atoms with Gasteiger partial charge in [-0.25, -0.2) is 4.79 Å². The maximum absolute atomic E-state index is 12.5. The number of rotatable bonds is 8. The molecule has 6 nitrogen and oxygen atoms in total. The third kappa shape index (κ3) is 5.70. The molecular weight excluding hydrogens is 453 g/mol. The average molecular weight is 478 g/mol. The molecule has 0 aromatic heterocycles. The number of hydrogen-bond acceptors (Lipinski definition) is 4. The number of benzene rings is 2. The van der Waals surface area contributed by atoms with Crippen molar-refractivity contribution in [2.24, 2.45) is 0 Å². The summed E-state index contributed by atoms with van der Waals surface area (Å²) in [6, 6.07) is 11.5. The van der Waals surface area contributed by atoms with E-state index in [2.05, 4.69) is 5.32 Å². The van der Waals surface area contributed by atoms with E-state index >= 15 is 0 Å². The predicted octanol–water partition coefficient (Wildman–Crippen LogP) is 4.93. The summed E-state index contributed by atoms with van der Waals surface area (Å²) in [7, 11) is 1.72. The van der Waals surface area contributed by atoms with Gasteiger partial charge in [-0.15, -0.1) is 0 Å². The maximum atomic E-state index is 12.5. The van der Waals surface area contributed by atoms with E-state index in [-0.39, 0.29) is 27.6 Å². The minimum Gasteiger partial charge on any atom is -0.480 e. The van der Waals surface area contributed by atoms with Crippen LogP contribution in [0, 0.1) is 0 Å². The lowest BCUT2D eigenvalue weighted by Crippen LogP contribution is -2.40. The molecule has 0 spiro atoms. The molecule has 2 aromatic rings. The van der Waals surface area contributed by atoms with Crippen molar-refractivity contribution in [3.63, 3.8) is 0 Å². The van der Waals surface area contributed by atoms with Crippen molar-refractivity contribution >= 4 is 41.2 Å². The van der Waals surface area contributed by atoms with E-state index in [4.69, 9.17) is 32.7 Å². The number of hydrogen-bond donors (Lipinski definition) is 2. The van der Waals surface area contributed by atoms with Gasteiger partial charge in [0.25, 0.3) is 5.91 Å². The number of carboxylic acid groups (broad SMARTS) is 1. The summed E-state index contributed by atoms with van der Waals surface area (Å²) in [4.78, 5) is 24.1. The van der Waals surface area contributed by atoms with Crippen LogP contribution in [0.1, 0.15) is 40.7 Å². The summed E-state index contributed by atoms with van der Waals surface area (Å²) < 4.78 is 11.3. The van der Waals surface area contributed by atoms with E-state index in [1.54, 1.807) is 19.3 Å². The highest BCUT2D eigenvalue weighted by molar-refractivity contribution is 6.39. The van der Waals surface area contributed by atoms with Crippen molar-refractivity contribution in [3.05, 3.63) is 75.3 Å². The number of carboxylic acids is 1. The molecule has 2 aromatic carbocycles. The molecule has 2 N–H and O–H groups in total. The van der Waals surface area contributed by atoms with Gasteiger partial charge in [0.05, 0.1) is 21.2 Å². The minimum atomic E-state index is -1.15. The zero-order valence-electron chi connectivity index (χ0n) is 17.6. The van der Waals surface area contributed by atoms with E-state index in [9.17, 15) is 14.7 Å². The van der Waals surface area contributed by atoms with Gasteiger partial charge in [-0.05, 0) is 29.7 Å². The second-order valence-corrected chi connectivity index (χ2v) is 8.35. The van der Waals surface area contributed by atoms with Gasteiger partial charge in [0.15, 0.2) is 0 Å². The zero-order valence-corrected chi connectivity index (χ0v) is 19.2. The van der Waals surface area contributed by atoms with Crippen LogP contribution in [0.4, 0.5) is 0 Å². The molecule has 1 aliphatic heterocycles. The summed E-state index contributed by atoms with van der Waals surface area (Å²) in [6.07, 6.45) is 5.23. The fraction of sp³-hybridized carbons (Fsp3) is 0.333. The van der Waals surface area contributed by atoms with E-state index in [0.29, 0.717) is 13.2 Å². The van der Waals surface area contributed by atoms with Crippen LogP contribution in [0.2, 0.25) is 10.0 Å². The quantitative estimate of drug-likeness (QED) is 0.562. The fourth-order valence-electron chi connectivity index (χ4n) is 3.72. The van der Waals surface area contributed by atoms with Crippen molar-refractivity contribution in [3.8, 4) is 0 Å². The van der Waals surface area contributed by atoms with E-state index < -0.39 is 17.9 Å². The lowest BCUT2D eigenvalue weighted by Gasteiger charge is -2.36. The highest BCUT2D eigenvalue weighted by atomic mass is 35.5. The second-order valence-electron chi connectivity index (χ2n) is 7.53. The van der Waals surface area contributed by atoms with Gasteiger partial charge < -0.3 is 19.9 Å². The molecule has 1 heterocycles. The number of aliphatic carboxylic acids is 1. The number of nitrogens with one attached hydrogen (secondary N) is 1. The van der Waals surface area contributed by atoms with Crippen molar-refractivity contribution in [1.82, 2.24) is 5.32 Å². The van der Waals surface area contributed by atoms with Gasteiger partial charge in [0.2, 0.25) is 0 Å². The first-order valence-corrected chi connectivity index (χ1v) is 11.0. The van der Waals surface area contributed by atoms with E-state index in [1.165, 1.54) is 12.1 Å². The molecule has 1 saturated heterocycles. The summed E-state index contributed by atoms with van der Waals surface area (Å²) in [5.74, 6) is -1.78. The lowest BCUT2D eigenvalue weighted by atomic mass is 9.86. The van der Waals surface area contributed by atoms with Crippen LogP contribution in [0.5, 0.6) is 0 Å². The van der Waals surface area contributed by atoms with Crippen LogP contribution in [0.15, 0.2) is 48.5 Å². The molecule has 0 bridgehead atoms. The summed E-state index contributed by atoms with van der Waals surface area (Å²) in [6.45, 7) is 1.33. The van der Waals surface area contributed by atoms with Gasteiger partial charge in [-0.2, -0.15) is 0 Å². The predicted molar refractivity (Wildman–Crippen MR) is 124 cm³/mol. The lowest BCUT2D eigenvalue weighted by molar-refractivity contribution is -0.139. The van der Waals surface area contributed by atoms with E-state index in [0.717, 1.165) is 24.0 Å². The van der Waals surface area contributed by atoms with Crippen LogP contribution in [0.25, 0.3) is 6.08 Å². The monoisotopic (exact) mass is 477 g/mol. The maximum Gasteiger partial charge on any atom is 0.326 e. The molecule has 1 atom stereocenters. The summed E-state index contributed by atoms with van der Waals surface area (Å²) in [5.41, 5.74) is 1.73. The standard InChI is InChI=1S/C24H25Cl2NO5/c1-31-24(12-14-32-15-13-24)17-10-8-16(9-11-17)4-2-7-20(23(29)30)27-22(28)21-18(25)5-3-6-19(21)26/h2-6,8-11,20H,7,12-15H2,1H3,(H,27,28)(H,29,30)/b4-2+/t20-/m0/s1. The zero-order chi connectivity index (χ0) is 23.1. The number of halogens is 2. The Balaban J connectivity index is 1.65. The topological polar surface area (TPSA) is 84.9 Å². The Labute approximate surface area is 197 Å². The molecule has 0 unspecified atom stereocenters. The number of amides is 1. The first-order chi connectivity index (χ1) is 15.4. The Hall–Kier alpha value is -2.38. The van der Waals surface area contributed by atoms with Gasteiger partial charge in [-0.3, -0.25) is 4.79 Å². The molecule has 1 fully saturated rings. The van der Waals surface area contributed by atoms with E-state index in [1.807, 2.05) is 30.3 Å². The smallest absolute Gasteiger partial charge is 0.326 e. The van der Waals surface area contributed by atoms with Crippen molar-refractivity contribution in [2.75, 3.05) is 20.3 Å². The van der Waals surface area contributed by atoms with Crippen LogP contribution in [0.3, 0.4) is 0 Å². The Kier molecular flexibility index (Phi) is 8.32. The first-order valence-electron chi connectivity index (χ1n) is 10.2. The molecule has 0 saturated carbocycles. The Bertz CT molecular complexity index is 964. The highest BCUT2D eigenvalue weighted by Crippen LogP contribution is 2.35. The Morgan fingerprint density at radius 2 is 1.78 bits per heavy atom. The molecule has 0 aliphatic carbocycles. The molecule has 1 amide bonds. The third-order valence-electron chi connectivity index (χ3n) is 5.60. The van der Waals surface area contributed by atoms with Gasteiger partial charge in [0, 0.05) is 33.2 Å². The van der Waals surface area contributed by atoms with Crippen molar-refractivity contribution in [1.29, 1.82) is 0 Å². The molecule has 170 valence electrons. The number of carbonyl (C=O) groups is 2. The molecular formula is C24H25Cl2NO5. The summed E-state index contributed by atoms with van der Waals surface area (Å²) >= 11 is 12.1. The first kappa shape index (κ1) is 24.3. The van der Waals surface area contributed by atoms with Gasteiger partial charge in [0.1, 0.15) is 6.04 Å². The molecule has 0 radical (unpaired) electrons. The molecule has 3 rings (SSSR count). The normalized spacial score (nSPS) is 16.6. The Morgan fingerprint density at radius 3 is 2.34 bits per heavy atom. The number of methoxy groups -OCH3 is 1. The van der Waals surface area contributed by atoms with Crippen LogP contribution in [-0.2, 0) is 19.9 Å². The van der Waals surface area contributed by atoms with Crippen molar-refractivity contribution in [2.45, 2.75) is 30.9 Å². The van der Waals surface area contributed by atoms with Gasteiger partial charge in [-0.1, -0.05) is 65.7 Å². The Morgan fingerprint density at radius 1 is 1.16 bits per heavy atom. The number of ether oxygens (including phenoxy) is 2. The molecule has 32 heavy (non-hydrogen) atoms. The SMILES string of the molecule is COC1(c2ccc(/C=C/C[C@H](NC(=O)c3c(Cl)cccc3Cl)C(=O)O)cc2)CCOCC1.